The van der Waals surface area contributed by atoms with Crippen molar-refractivity contribution < 1.29 is 19.1 Å². The first-order chi connectivity index (χ1) is 14.0. The number of nitrogens with two attached hydrogens (primary N) is 1. The van der Waals surface area contributed by atoms with Crippen LogP contribution in [0.4, 0.5) is 5.82 Å². The van der Waals surface area contributed by atoms with Crippen molar-refractivity contribution >= 4 is 29.2 Å². The number of hydrogen-bond acceptors (Lipinski definition) is 7. The van der Waals surface area contributed by atoms with Crippen molar-refractivity contribution in [2.24, 2.45) is 7.05 Å². The second kappa shape index (κ2) is 9.17. The zero-order valence-corrected chi connectivity index (χ0v) is 18.0. The van der Waals surface area contributed by atoms with Crippen molar-refractivity contribution in [1.29, 1.82) is 0 Å². The standard InChI is InChI=1S/C20H24ClN3O6/c1-5-10-24-16(22)15(17(26)23(4)19(24)28)14(25)11-29-18(27)20(2,3)30-13-8-6-12(21)7-9-13/h6-9H,5,10-11,22H2,1-4H3. The molecule has 0 saturated carbocycles. The highest BCUT2D eigenvalue weighted by atomic mass is 35.5. The fourth-order valence-corrected chi connectivity index (χ4v) is 2.83. The summed E-state index contributed by atoms with van der Waals surface area (Å²) in [6.07, 6.45) is 0.571. The van der Waals surface area contributed by atoms with Crippen LogP contribution in [-0.2, 0) is 23.1 Å². The molecule has 0 aliphatic carbocycles. The van der Waals surface area contributed by atoms with Crippen LogP contribution < -0.4 is 21.7 Å². The molecule has 0 unspecified atom stereocenters. The van der Waals surface area contributed by atoms with Crippen LogP contribution in [0, 0.1) is 0 Å². The van der Waals surface area contributed by atoms with E-state index in [1.807, 2.05) is 6.92 Å². The van der Waals surface area contributed by atoms with Crippen molar-refractivity contribution in [2.45, 2.75) is 39.3 Å². The minimum atomic E-state index is -1.41. The van der Waals surface area contributed by atoms with Gasteiger partial charge in [0.2, 0.25) is 5.78 Å². The fourth-order valence-electron chi connectivity index (χ4n) is 2.70. The molecule has 0 spiro atoms. The maximum atomic E-state index is 12.6. The van der Waals surface area contributed by atoms with Gasteiger partial charge in [-0.25, -0.2) is 9.59 Å². The molecular formula is C20H24ClN3O6. The second-order valence-corrected chi connectivity index (χ2v) is 7.56. The van der Waals surface area contributed by atoms with Gasteiger partial charge in [0.15, 0.2) is 12.2 Å². The van der Waals surface area contributed by atoms with E-state index in [-0.39, 0.29) is 12.4 Å². The lowest BCUT2D eigenvalue weighted by molar-refractivity contribution is -0.158. The van der Waals surface area contributed by atoms with Crippen molar-refractivity contribution in [3.63, 3.8) is 0 Å². The lowest BCUT2D eigenvalue weighted by Gasteiger charge is -2.24. The summed E-state index contributed by atoms with van der Waals surface area (Å²) < 4.78 is 12.6. The molecule has 1 heterocycles. The Morgan fingerprint density at radius 2 is 1.77 bits per heavy atom. The number of nitrogen functional groups attached to an aromatic ring is 1. The summed E-state index contributed by atoms with van der Waals surface area (Å²) in [6, 6.07) is 6.38. The summed E-state index contributed by atoms with van der Waals surface area (Å²) >= 11 is 5.82. The number of halogens is 1. The summed E-state index contributed by atoms with van der Waals surface area (Å²) in [7, 11) is 1.25. The van der Waals surface area contributed by atoms with Crippen molar-refractivity contribution in [3.05, 3.63) is 55.7 Å². The van der Waals surface area contributed by atoms with Crippen LogP contribution in [0.25, 0.3) is 0 Å². The van der Waals surface area contributed by atoms with E-state index >= 15 is 0 Å². The average molecular weight is 438 g/mol. The molecule has 0 atom stereocenters. The molecule has 9 nitrogen and oxygen atoms in total. The Morgan fingerprint density at radius 1 is 1.17 bits per heavy atom. The molecule has 30 heavy (non-hydrogen) atoms. The fraction of sp³-hybridized carbons (Fsp3) is 0.400. The molecule has 0 fully saturated rings. The normalized spacial score (nSPS) is 11.2. The maximum absolute atomic E-state index is 12.6. The summed E-state index contributed by atoms with van der Waals surface area (Å²) in [5, 5.41) is 0.511. The number of aromatic nitrogens is 2. The maximum Gasteiger partial charge on any atom is 0.350 e. The third-order valence-corrected chi connectivity index (χ3v) is 4.57. The van der Waals surface area contributed by atoms with Crippen LogP contribution in [0.15, 0.2) is 33.9 Å². The van der Waals surface area contributed by atoms with E-state index in [9.17, 15) is 19.2 Å². The zero-order valence-electron chi connectivity index (χ0n) is 17.2. The highest BCUT2D eigenvalue weighted by Crippen LogP contribution is 2.22. The van der Waals surface area contributed by atoms with E-state index in [0.717, 1.165) is 9.13 Å². The Kier molecular flexibility index (Phi) is 7.09. The summed E-state index contributed by atoms with van der Waals surface area (Å²) in [5.41, 5.74) is 2.63. The third kappa shape index (κ3) is 4.91. The lowest BCUT2D eigenvalue weighted by atomic mass is 10.1. The van der Waals surface area contributed by atoms with Gasteiger partial charge in [0.1, 0.15) is 17.1 Å². The number of anilines is 1. The predicted molar refractivity (Wildman–Crippen MR) is 112 cm³/mol. The number of carbonyl (C=O) groups is 2. The van der Waals surface area contributed by atoms with Crippen LogP contribution >= 0.6 is 11.6 Å². The number of rotatable bonds is 8. The van der Waals surface area contributed by atoms with E-state index in [1.54, 1.807) is 24.3 Å². The highest BCUT2D eigenvalue weighted by Gasteiger charge is 2.33. The Balaban J connectivity index is 2.18. The number of ether oxygens (including phenoxy) is 2. The second-order valence-electron chi connectivity index (χ2n) is 7.12. The minimum absolute atomic E-state index is 0.237. The molecule has 2 aromatic rings. The van der Waals surface area contributed by atoms with E-state index in [2.05, 4.69) is 0 Å². The molecule has 0 aliphatic heterocycles. The minimum Gasteiger partial charge on any atom is -0.476 e. The van der Waals surface area contributed by atoms with Crippen LogP contribution in [-0.4, -0.2) is 33.1 Å². The molecule has 0 radical (unpaired) electrons. The number of nitrogens with zero attached hydrogens (tertiary/aromatic N) is 2. The largest absolute Gasteiger partial charge is 0.476 e. The van der Waals surface area contributed by atoms with Gasteiger partial charge < -0.3 is 15.2 Å². The van der Waals surface area contributed by atoms with E-state index in [1.165, 1.54) is 20.9 Å². The Labute approximate surface area is 178 Å². The number of hydrogen-bond donors (Lipinski definition) is 1. The van der Waals surface area contributed by atoms with E-state index in [0.29, 0.717) is 17.2 Å². The number of benzene rings is 1. The van der Waals surface area contributed by atoms with Gasteiger partial charge in [0.05, 0.1) is 0 Å². The topological polar surface area (TPSA) is 123 Å². The third-order valence-electron chi connectivity index (χ3n) is 4.32. The summed E-state index contributed by atoms with van der Waals surface area (Å²) in [4.78, 5) is 49.6. The number of esters is 1. The summed E-state index contributed by atoms with van der Waals surface area (Å²) in [5.74, 6) is -1.49. The van der Waals surface area contributed by atoms with Crippen molar-refractivity contribution in [2.75, 3.05) is 12.3 Å². The van der Waals surface area contributed by atoms with Gasteiger partial charge in [-0.2, -0.15) is 0 Å². The highest BCUT2D eigenvalue weighted by molar-refractivity contribution is 6.30. The SMILES string of the molecule is CCCn1c(N)c(C(=O)COC(=O)C(C)(C)Oc2ccc(Cl)cc2)c(=O)n(C)c1=O. The van der Waals surface area contributed by atoms with E-state index < -0.39 is 40.8 Å². The van der Waals surface area contributed by atoms with Gasteiger partial charge in [-0.15, -0.1) is 0 Å². The molecule has 162 valence electrons. The Hall–Kier alpha value is -3.07. The molecule has 0 amide bonds. The molecule has 2 rings (SSSR count). The van der Waals surface area contributed by atoms with Gasteiger partial charge in [-0.3, -0.25) is 18.7 Å². The van der Waals surface area contributed by atoms with Crippen LogP contribution in [0.1, 0.15) is 37.6 Å². The van der Waals surface area contributed by atoms with Crippen molar-refractivity contribution in [1.82, 2.24) is 9.13 Å². The molecule has 1 aromatic heterocycles. The Bertz CT molecular complexity index is 1070. The van der Waals surface area contributed by atoms with E-state index in [4.69, 9.17) is 26.8 Å². The predicted octanol–water partition coefficient (Wildman–Crippen LogP) is 1.78. The Morgan fingerprint density at radius 3 is 2.33 bits per heavy atom. The summed E-state index contributed by atoms with van der Waals surface area (Å²) in [6.45, 7) is 4.28. The van der Waals surface area contributed by atoms with Crippen molar-refractivity contribution in [3.8, 4) is 5.75 Å². The lowest BCUT2D eigenvalue weighted by Crippen LogP contribution is -2.44. The first kappa shape index (κ1) is 23.2. The van der Waals surface area contributed by atoms with Crippen LogP contribution in [0.5, 0.6) is 5.75 Å². The molecule has 0 bridgehead atoms. The molecular weight excluding hydrogens is 414 g/mol. The van der Waals surface area contributed by atoms with Gasteiger partial charge >= 0.3 is 11.7 Å². The molecule has 0 saturated heterocycles. The number of carbonyl (C=O) groups excluding carboxylic acids is 2. The first-order valence-corrected chi connectivity index (χ1v) is 9.61. The monoisotopic (exact) mass is 437 g/mol. The molecule has 0 aliphatic rings. The van der Waals surface area contributed by atoms with Crippen LogP contribution in [0.2, 0.25) is 5.02 Å². The molecule has 2 N–H and O–H groups in total. The van der Waals surface area contributed by atoms with Crippen LogP contribution in [0.3, 0.4) is 0 Å². The quantitative estimate of drug-likeness (QED) is 0.493. The average Bonchev–Trinajstić information content (AvgIpc) is 2.69. The zero-order chi connectivity index (χ0) is 22.6. The molecule has 1 aromatic carbocycles. The van der Waals surface area contributed by atoms with Gasteiger partial charge in [-0.1, -0.05) is 18.5 Å². The smallest absolute Gasteiger partial charge is 0.350 e. The van der Waals surface area contributed by atoms with Gasteiger partial charge in [0.25, 0.3) is 5.56 Å². The first-order valence-electron chi connectivity index (χ1n) is 9.24. The van der Waals surface area contributed by atoms with Gasteiger partial charge in [0, 0.05) is 18.6 Å². The number of ketones is 1. The molecule has 10 heteroatoms. The number of Topliss-reactive ketones (excluding diaryl/α,β-unsaturated/α-hetero) is 1. The van der Waals surface area contributed by atoms with Gasteiger partial charge in [-0.05, 0) is 44.5 Å².